The second-order valence-corrected chi connectivity index (χ2v) is 10.00. The van der Waals surface area contributed by atoms with Gasteiger partial charge in [0.1, 0.15) is 0 Å². The maximum Gasteiger partial charge on any atom is 0.315 e. The molecule has 2 aliphatic heterocycles. The maximum absolute atomic E-state index is 12.6. The number of urea groups is 1. The highest BCUT2D eigenvalue weighted by Crippen LogP contribution is 2.22. The molecular weight excluding hydrogens is 414 g/mol. The lowest BCUT2D eigenvalue weighted by Gasteiger charge is -2.32. The number of nitrogens with one attached hydrogen (secondary N) is 3. The van der Waals surface area contributed by atoms with Gasteiger partial charge in [0.2, 0.25) is 5.91 Å². The van der Waals surface area contributed by atoms with Gasteiger partial charge >= 0.3 is 6.03 Å². The van der Waals surface area contributed by atoms with E-state index in [4.69, 9.17) is 0 Å². The minimum atomic E-state index is -0.0262. The van der Waals surface area contributed by atoms with Crippen LogP contribution in [-0.4, -0.2) is 61.6 Å². The van der Waals surface area contributed by atoms with Crippen molar-refractivity contribution in [2.24, 2.45) is 0 Å². The van der Waals surface area contributed by atoms with Gasteiger partial charge < -0.3 is 20.9 Å². The Morgan fingerprint density at radius 2 is 1.30 bits per heavy atom. The van der Waals surface area contributed by atoms with Crippen molar-refractivity contribution in [1.29, 1.82) is 0 Å². The van der Waals surface area contributed by atoms with Crippen LogP contribution in [0.4, 0.5) is 16.2 Å². The molecule has 4 rings (SSSR count). The summed E-state index contributed by atoms with van der Waals surface area (Å²) >= 11 is 0. The molecule has 1 aromatic carbocycles. The van der Waals surface area contributed by atoms with Crippen LogP contribution in [0.5, 0.6) is 0 Å². The van der Waals surface area contributed by atoms with Gasteiger partial charge in [0.15, 0.2) is 0 Å². The molecule has 0 bridgehead atoms. The summed E-state index contributed by atoms with van der Waals surface area (Å²) in [6.45, 7) is 4.30. The third kappa shape index (κ3) is 7.63. The molecule has 3 amide bonds. The van der Waals surface area contributed by atoms with Crippen molar-refractivity contribution in [2.45, 2.75) is 82.7 Å². The van der Waals surface area contributed by atoms with Crippen LogP contribution < -0.4 is 20.9 Å². The summed E-state index contributed by atoms with van der Waals surface area (Å²) in [5.74, 6) is 0.0268. The van der Waals surface area contributed by atoms with E-state index in [1.165, 1.54) is 50.6 Å². The average molecular weight is 456 g/mol. The molecule has 33 heavy (non-hydrogen) atoms. The highest BCUT2D eigenvalue weighted by molar-refractivity contribution is 5.92. The Labute approximate surface area is 198 Å². The molecule has 0 atom stereocenters. The van der Waals surface area contributed by atoms with E-state index in [2.05, 4.69) is 37.9 Å². The number of rotatable bonds is 6. The number of nitrogens with zero attached hydrogens (tertiary/aromatic N) is 2. The third-order valence-electron chi connectivity index (χ3n) is 7.35. The Kier molecular flexibility index (Phi) is 8.86. The molecule has 2 heterocycles. The van der Waals surface area contributed by atoms with Gasteiger partial charge in [-0.25, -0.2) is 4.79 Å². The van der Waals surface area contributed by atoms with Crippen LogP contribution in [0.15, 0.2) is 24.3 Å². The summed E-state index contributed by atoms with van der Waals surface area (Å²) in [4.78, 5) is 29.5. The van der Waals surface area contributed by atoms with Crippen molar-refractivity contribution < 1.29 is 9.59 Å². The molecule has 0 radical (unpaired) electrons. The van der Waals surface area contributed by atoms with Gasteiger partial charge in [-0.15, -0.1) is 0 Å². The predicted molar refractivity (Wildman–Crippen MR) is 134 cm³/mol. The highest BCUT2D eigenvalue weighted by atomic mass is 16.2. The van der Waals surface area contributed by atoms with Gasteiger partial charge in [0.05, 0.1) is 6.54 Å². The average Bonchev–Trinajstić information content (AvgIpc) is 3.11. The summed E-state index contributed by atoms with van der Waals surface area (Å²) < 4.78 is 0. The Hall–Kier alpha value is -2.28. The topological polar surface area (TPSA) is 76.7 Å². The number of likely N-dealkylation sites (tertiary alicyclic amines) is 1. The zero-order chi connectivity index (χ0) is 22.9. The summed E-state index contributed by atoms with van der Waals surface area (Å²) in [6, 6.07) is 8.77. The van der Waals surface area contributed by atoms with Crippen LogP contribution in [0.2, 0.25) is 0 Å². The van der Waals surface area contributed by atoms with Gasteiger partial charge in [-0.05, 0) is 62.8 Å². The maximum atomic E-state index is 12.6. The molecule has 182 valence electrons. The van der Waals surface area contributed by atoms with Crippen LogP contribution in [-0.2, 0) is 4.79 Å². The largest absolute Gasteiger partial charge is 0.372 e. The fourth-order valence-electron chi connectivity index (χ4n) is 5.38. The first-order valence-electron chi connectivity index (χ1n) is 13.1. The summed E-state index contributed by atoms with van der Waals surface area (Å²) in [5.41, 5.74) is 2.10. The fraction of sp³-hybridized carbons (Fsp3) is 0.692. The standard InChI is InChI=1S/C26H41N5O2/c32-25(27-22-10-12-24(13-11-22)31-16-6-1-2-7-17-31)20-30-18-14-23(15-19-30)29-26(33)28-21-8-4-3-5-9-21/h10-13,21,23H,1-9,14-20H2,(H,27,32)(H2,28,29,33). The zero-order valence-electron chi connectivity index (χ0n) is 20.0. The summed E-state index contributed by atoms with van der Waals surface area (Å²) in [5, 5.41) is 9.31. The van der Waals surface area contributed by atoms with Crippen molar-refractivity contribution >= 4 is 23.3 Å². The number of hydrogen-bond donors (Lipinski definition) is 3. The van der Waals surface area contributed by atoms with Crippen LogP contribution >= 0.6 is 0 Å². The van der Waals surface area contributed by atoms with Crippen molar-refractivity contribution in [3.8, 4) is 0 Å². The molecule has 1 aliphatic carbocycles. The van der Waals surface area contributed by atoms with Crippen molar-refractivity contribution in [2.75, 3.05) is 42.9 Å². The predicted octanol–water partition coefficient (Wildman–Crippen LogP) is 4.10. The molecule has 0 aromatic heterocycles. The quantitative estimate of drug-likeness (QED) is 0.604. The molecule has 3 aliphatic rings. The second-order valence-electron chi connectivity index (χ2n) is 10.00. The lowest BCUT2D eigenvalue weighted by molar-refractivity contribution is -0.117. The van der Waals surface area contributed by atoms with E-state index in [9.17, 15) is 9.59 Å². The summed E-state index contributed by atoms with van der Waals surface area (Å²) in [6.07, 6.45) is 12.9. The lowest BCUT2D eigenvalue weighted by atomic mass is 9.96. The smallest absolute Gasteiger partial charge is 0.315 e. The number of hydrogen-bond acceptors (Lipinski definition) is 4. The van der Waals surface area contributed by atoms with Gasteiger partial charge in [-0.3, -0.25) is 9.69 Å². The van der Waals surface area contributed by atoms with E-state index in [1.54, 1.807) is 0 Å². The van der Waals surface area contributed by atoms with E-state index >= 15 is 0 Å². The van der Waals surface area contributed by atoms with Crippen molar-refractivity contribution in [3.05, 3.63) is 24.3 Å². The Morgan fingerprint density at radius 3 is 1.94 bits per heavy atom. The third-order valence-corrected chi connectivity index (χ3v) is 7.35. The SMILES string of the molecule is O=C(CN1CCC(NC(=O)NC2CCCCC2)CC1)Nc1ccc(N2CCCCCC2)cc1. The first-order chi connectivity index (χ1) is 16.2. The summed E-state index contributed by atoms with van der Waals surface area (Å²) in [7, 11) is 0. The number of benzene rings is 1. The number of carbonyl (C=O) groups excluding carboxylic acids is 2. The second kappa shape index (κ2) is 12.3. The van der Waals surface area contributed by atoms with E-state index in [-0.39, 0.29) is 18.0 Å². The van der Waals surface area contributed by atoms with Gasteiger partial charge in [0.25, 0.3) is 0 Å². The number of carbonyl (C=O) groups is 2. The molecule has 7 nitrogen and oxygen atoms in total. The number of amides is 3. The number of anilines is 2. The van der Waals surface area contributed by atoms with Gasteiger partial charge in [0, 0.05) is 49.6 Å². The fourth-order valence-corrected chi connectivity index (χ4v) is 5.38. The minimum Gasteiger partial charge on any atom is -0.372 e. The molecule has 3 fully saturated rings. The van der Waals surface area contributed by atoms with Crippen molar-refractivity contribution in [1.82, 2.24) is 15.5 Å². The molecular formula is C26H41N5O2. The first kappa shape index (κ1) is 23.9. The number of piperidine rings is 1. The van der Waals surface area contributed by atoms with Crippen LogP contribution in [0, 0.1) is 0 Å². The highest BCUT2D eigenvalue weighted by Gasteiger charge is 2.23. The Balaban J connectivity index is 1.14. The molecule has 1 aromatic rings. The van der Waals surface area contributed by atoms with Gasteiger partial charge in [-0.1, -0.05) is 32.1 Å². The first-order valence-corrected chi connectivity index (χ1v) is 13.1. The molecule has 0 spiro atoms. The minimum absolute atomic E-state index is 0.0262. The monoisotopic (exact) mass is 455 g/mol. The molecule has 3 N–H and O–H groups in total. The zero-order valence-corrected chi connectivity index (χ0v) is 20.0. The van der Waals surface area contributed by atoms with Crippen LogP contribution in [0.25, 0.3) is 0 Å². The van der Waals surface area contributed by atoms with E-state index in [0.717, 1.165) is 57.5 Å². The van der Waals surface area contributed by atoms with E-state index < -0.39 is 0 Å². The molecule has 2 saturated heterocycles. The lowest BCUT2D eigenvalue weighted by Crippen LogP contribution is -2.51. The normalized spacial score (nSPS) is 21.3. The van der Waals surface area contributed by atoms with Crippen LogP contribution in [0.3, 0.4) is 0 Å². The molecule has 7 heteroatoms. The van der Waals surface area contributed by atoms with Crippen molar-refractivity contribution in [3.63, 3.8) is 0 Å². The Bertz CT molecular complexity index is 746. The molecule has 1 saturated carbocycles. The van der Waals surface area contributed by atoms with E-state index in [1.807, 2.05) is 12.1 Å². The molecule has 0 unspecified atom stereocenters. The van der Waals surface area contributed by atoms with Gasteiger partial charge in [-0.2, -0.15) is 0 Å². The van der Waals surface area contributed by atoms with Crippen LogP contribution in [0.1, 0.15) is 70.6 Å². The Morgan fingerprint density at radius 1 is 0.727 bits per heavy atom. The van der Waals surface area contributed by atoms with E-state index in [0.29, 0.717) is 12.6 Å².